The molecule has 0 heterocycles. The molecule has 1 saturated carbocycles. The Morgan fingerprint density at radius 1 is 1.14 bits per heavy atom. The standard InChI is InChI=1S/C17H26N2O2/c1-3-20-14-10-11-16(21-4-2)15(12-14)19-17(18)13-8-6-5-7-9-13/h10-13H,3-9H2,1-2H3,(H2,18,19). The Kier molecular flexibility index (Phi) is 5.90. The van der Waals surface area contributed by atoms with Crippen LogP contribution in [0.1, 0.15) is 46.0 Å². The van der Waals surface area contributed by atoms with Crippen molar-refractivity contribution in [3.05, 3.63) is 18.2 Å². The topological polar surface area (TPSA) is 56.8 Å². The maximum atomic E-state index is 6.22. The van der Waals surface area contributed by atoms with Crippen molar-refractivity contribution >= 4 is 11.5 Å². The van der Waals surface area contributed by atoms with Gasteiger partial charge in [0.15, 0.2) is 0 Å². The molecule has 0 unspecified atom stereocenters. The first-order valence-electron chi connectivity index (χ1n) is 7.98. The highest BCUT2D eigenvalue weighted by Crippen LogP contribution is 2.33. The molecule has 0 radical (unpaired) electrons. The van der Waals surface area contributed by atoms with Gasteiger partial charge in [-0.2, -0.15) is 0 Å². The SMILES string of the molecule is CCOc1ccc(OCC)c(N=C(N)C2CCCCC2)c1. The van der Waals surface area contributed by atoms with E-state index in [0.717, 1.165) is 35.9 Å². The van der Waals surface area contributed by atoms with Gasteiger partial charge in [0, 0.05) is 12.0 Å². The average molecular weight is 290 g/mol. The molecule has 1 fully saturated rings. The molecule has 4 nitrogen and oxygen atoms in total. The number of amidine groups is 1. The largest absolute Gasteiger partial charge is 0.494 e. The molecule has 0 atom stereocenters. The summed E-state index contributed by atoms with van der Waals surface area (Å²) in [5, 5.41) is 0. The summed E-state index contributed by atoms with van der Waals surface area (Å²) in [5.41, 5.74) is 6.99. The Hall–Kier alpha value is -1.71. The van der Waals surface area contributed by atoms with E-state index in [1.807, 2.05) is 32.0 Å². The lowest BCUT2D eigenvalue weighted by Gasteiger charge is -2.21. The number of benzene rings is 1. The second kappa shape index (κ2) is 7.91. The normalized spacial score (nSPS) is 16.8. The third-order valence-electron chi connectivity index (χ3n) is 3.81. The van der Waals surface area contributed by atoms with E-state index < -0.39 is 0 Å². The minimum absolute atomic E-state index is 0.406. The highest BCUT2D eigenvalue weighted by Gasteiger charge is 2.17. The maximum Gasteiger partial charge on any atom is 0.145 e. The molecule has 0 aliphatic heterocycles. The van der Waals surface area contributed by atoms with Crippen molar-refractivity contribution in [3.8, 4) is 11.5 Å². The Morgan fingerprint density at radius 3 is 2.52 bits per heavy atom. The van der Waals surface area contributed by atoms with E-state index in [4.69, 9.17) is 15.2 Å². The Morgan fingerprint density at radius 2 is 1.86 bits per heavy atom. The van der Waals surface area contributed by atoms with Crippen molar-refractivity contribution in [1.29, 1.82) is 0 Å². The van der Waals surface area contributed by atoms with Crippen molar-refractivity contribution in [3.63, 3.8) is 0 Å². The maximum absolute atomic E-state index is 6.22. The first kappa shape index (κ1) is 15.7. The van der Waals surface area contributed by atoms with E-state index in [0.29, 0.717) is 19.1 Å². The monoisotopic (exact) mass is 290 g/mol. The lowest BCUT2D eigenvalue weighted by molar-refractivity contribution is 0.331. The molecule has 0 amide bonds. The molecule has 4 heteroatoms. The van der Waals surface area contributed by atoms with Crippen molar-refractivity contribution in [2.24, 2.45) is 16.6 Å². The fourth-order valence-electron chi connectivity index (χ4n) is 2.75. The minimum Gasteiger partial charge on any atom is -0.494 e. The van der Waals surface area contributed by atoms with Gasteiger partial charge in [-0.3, -0.25) is 0 Å². The molecule has 21 heavy (non-hydrogen) atoms. The van der Waals surface area contributed by atoms with Crippen LogP contribution in [0.4, 0.5) is 5.69 Å². The molecule has 1 aromatic rings. The van der Waals surface area contributed by atoms with Crippen LogP contribution in [0.3, 0.4) is 0 Å². The van der Waals surface area contributed by atoms with E-state index in [2.05, 4.69) is 4.99 Å². The summed E-state index contributed by atoms with van der Waals surface area (Å²) in [5.74, 6) is 2.70. The second-order valence-corrected chi connectivity index (χ2v) is 5.37. The molecule has 2 rings (SSSR count). The number of nitrogens with two attached hydrogens (primary N) is 1. The summed E-state index contributed by atoms with van der Waals surface area (Å²) in [4.78, 5) is 4.63. The third-order valence-corrected chi connectivity index (χ3v) is 3.81. The number of hydrogen-bond donors (Lipinski definition) is 1. The van der Waals surface area contributed by atoms with Gasteiger partial charge in [-0.05, 0) is 38.8 Å². The van der Waals surface area contributed by atoms with Crippen LogP contribution in [0, 0.1) is 5.92 Å². The van der Waals surface area contributed by atoms with E-state index in [1.54, 1.807) is 0 Å². The van der Waals surface area contributed by atoms with Crippen LogP contribution in [0.2, 0.25) is 0 Å². The van der Waals surface area contributed by atoms with E-state index in [1.165, 1.54) is 19.3 Å². The molecule has 0 spiro atoms. The minimum atomic E-state index is 0.406. The predicted molar refractivity (Wildman–Crippen MR) is 86.6 cm³/mol. The van der Waals surface area contributed by atoms with Crippen molar-refractivity contribution in [1.82, 2.24) is 0 Å². The summed E-state index contributed by atoms with van der Waals surface area (Å²) in [6.45, 7) is 5.18. The molecule has 116 valence electrons. The molecule has 0 saturated heterocycles. The highest BCUT2D eigenvalue weighted by atomic mass is 16.5. The van der Waals surface area contributed by atoms with Crippen LogP contribution in [0.25, 0.3) is 0 Å². The Balaban J connectivity index is 2.23. The molecule has 1 aromatic carbocycles. The summed E-state index contributed by atoms with van der Waals surface area (Å²) >= 11 is 0. The lowest BCUT2D eigenvalue weighted by atomic mass is 9.88. The van der Waals surface area contributed by atoms with Gasteiger partial charge in [0.05, 0.1) is 13.2 Å². The van der Waals surface area contributed by atoms with E-state index in [-0.39, 0.29) is 0 Å². The van der Waals surface area contributed by atoms with Gasteiger partial charge in [0.1, 0.15) is 23.0 Å². The average Bonchev–Trinajstić information content (AvgIpc) is 2.51. The number of nitrogens with zero attached hydrogens (tertiary/aromatic N) is 1. The fourth-order valence-corrected chi connectivity index (χ4v) is 2.75. The number of aliphatic imine (C=N–C) groups is 1. The first-order chi connectivity index (χ1) is 10.2. The van der Waals surface area contributed by atoms with Crippen LogP contribution < -0.4 is 15.2 Å². The molecule has 0 aromatic heterocycles. The van der Waals surface area contributed by atoms with Crippen LogP contribution >= 0.6 is 0 Å². The number of hydrogen-bond acceptors (Lipinski definition) is 3. The molecule has 1 aliphatic rings. The zero-order valence-electron chi connectivity index (χ0n) is 13.1. The van der Waals surface area contributed by atoms with E-state index in [9.17, 15) is 0 Å². The van der Waals surface area contributed by atoms with Gasteiger partial charge < -0.3 is 15.2 Å². The fraction of sp³-hybridized carbons (Fsp3) is 0.588. The van der Waals surface area contributed by atoms with Crippen LogP contribution in [0.5, 0.6) is 11.5 Å². The molecular weight excluding hydrogens is 264 g/mol. The smallest absolute Gasteiger partial charge is 0.145 e. The molecule has 1 aliphatic carbocycles. The quantitative estimate of drug-likeness (QED) is 0.635. The number of rotatable bonds is 6. The third kappa shape index (κ3) is 4.38. The molecule has 2 N–H and O–H groups in total. The summed E-state index contributed by atoms with van der Waals surface area (Å²) in [7, 11) is 0. The van der Waals surface area contributed by atoms with Crippen molar-refractivity contribution < 1.29 is 9.47 Å². The van der Waals surface area contributed by atoms with Gasteiger partial charge in [-0.25, -0.2) is 4.99 Å². The van der Waals surface area contributed by atoms with Gasteiger partial charge in [-0.1, -0.05) is 19.3 Å². The zero-order chi connectivity index (χ0) is 15.1. The van der Waals surface area contributed by atoms with Gasteiger partial charge >= 0.3 is 0 Å². The predicted octanol–water partition coefficient (Wildman–Crippen LogP) is 4.05. The molecular formula is C17H26N2O2. The second-order valence-electron chi connectivity index (χ2n) is 5.37. The molecule has 0 bridgehead atoms. The first-order valence-corrected chi connectivity index (χ1v) is 7.98. The zero-order valence-corrected chi connectivity index (χ0v) is 13.1. The van der Waals surface area contributed by atoms with Crippen molar-refractivity contribution in [2.45, 2.75) is 46.0 Å². The van der Waals surface area contributed by atoms with Gasteiger partial charge in [0.25, 0.3) is 0 Å². The Bertz CT molecular complexity index is 480. The highest BCUT2D eigenvalue weighted by molar-refractivity contribution is 5.86. The van der Waals surface area contributed by atoms with Crippen LogP contribution in [0.15, 0.2) is 23.2 Å². The Labute approximate surface area is 127 Å². The van der Waals surface area contributed by atoms with Gasteiger partial charge in [-0.15, -0.1) is 0 Å². The summed E-state index contributed by atoms with van der Waals surface area (Å²) < 4.78 is 11.2. The van der Waals surface area contributed by atoms with Crippen LogP contribution in [-0.4, -0.2) is 19.0 Å². The number of ether oxygens (including phenoxy) is 2. The van der Waals surface area contributed by atoms with Crippen molar-refractivity contribution in [2.75, 3.05) is 13.2 Å². The van der Waals surface area contributed by atoms with Crippen LogP contribution in [-0.2, 0) is 0 Å². The van der Waals surface area contributed by atoms with E-state index >= 15 is 0 Å². The lowest BCUT2D eigenvalue weighted by Crippen LogP contribution is -2.25. The summed E-state index contributed by atoms with van der Waals surface area (Å²) in [6.07, 6.45) is 6.10. The van der Waals surface area contributed by atoms with Gasteiger partial charge in [0.2, 0.25) is 0 Å². The summed E-state index contributed by atoms with van der Waals surface area (Å²) in [6, 6.07) is 5.72.